The second-order valence-corrected chi connectivity index (χ2v) is 5.20. The molecule has 1 saturated heterocycles. The zero-order valence-corrected chi connectivity index (χ0v) is 10.7. The van der Waals surface area contributed by atoms with Crippen LogP contribution in [0.5, 0.6) is 0 Å². The van der Waals surface area contributed by atoms with Gasteiger partial charge in [-0.1, -0.05) is 23.7 Å². The summed E-state index contributed by atoms with van der Waals surface area (Å²) in [7, 11) is 0. The first-order valence-corrected chi connectivity index (χ1v) is 6.66. The summed E-state index contributed by atoms with van der Waals surface area (Å²) >= 11 is 6.03. The molecule has 0 bridgehead atoms. The number of rotatable bonds is 2. The van der Waals surface area contributed by atoms with E-state index in [4.69, 9.17) is 16.0 Å². The first-order chi connectivity index (χ1) is 8.75. The van der Waals surface area contributed by atoms with Crippen LogP contribution in [0.3, 0.4) is 0 Å². The average molecular weight is 268 g/mol. The van der Waals surface area contributed by atoms with Crippen LogP contribution in [0.15, 0.2) is 28.7 Å². The van der Waals surface area contributed by atoms with Gasteiger partial charge < -0.3 is 9.73 Å². The number of furan rings is 1. The molecule has 3 rings (SSSR count). The summed E-state index contributed by atoms with van der Waals surface area (Å²) in [6.45, 7) is 1.76. The van der Waals surface area contributed by atoms with Gasteiger partial charge in [-0.3, -0.25) is 0 Å². The summed E-state index contributed by atoms with van der Waals surface area (Å²) < 4.78 is 20.0. The van der Waals surface area contributed by atoms with Crippen LogP contribution in [0.25, 0.3) is 11.0 Å². The Morgan fingerprint density at radius 2 is 2.11 bits per heavy atom. The van der Waals surface area contributed by atoms with Crippen molar-refractivity contribution in [1.82, 2.24) is 5.32 Å². The Balaban J connectivity index is 1.91. The van der Waals surface area contributed by atoms with Gasteiger partial charge in [-0.05, 0) is 44.0 Å². The molecule has 1 aliphatic heterocycles. The largest absolute Gasteiger partial charge is 0.456 e. The second kappa shape index (κ2) is 4.90. The Hall–Kier alpha value is -1.06. The summed E-state index contributed by atoms with van der Waals surface area (Å²) in [4.78, 5) is 0. The maximum Gasteiger partial charge on any atom is 0.160 e. The Morgan fingerprint density at radius 1 is 1.33 bits per heavy atom. The molecule has 0 saturated carbocycles. The van der Waals surface area contributed by atoms with Crippen LogP contribution in [-0.4, -0.2) is 13.1 Å². The van der Waals surface area contributed by atoms with E-state index in [9.17, 15) is 4.39 Å². The van der Waals surface area contributed by atoms with E-state index in [1.165, 1.54) is 0 Å². The van der Waals surface area contributed by atoms with Crippen molar-refractivity contribution >= 4 is 22.6 Å². The van der Waals surface area contributed by atoms with Crippen molar-refractivity contribution in [2.45, 2.75) is 19.0 Å². The summed E-state index contributed by atoms with van der Waals surface area (Å²) in [6.07, 6.45) is 0.674. The minimum atomic E-state index is -1.03. The van der Waals surface area contributed by atoms with Crippen molar-refractivity contribution in [3.8, 4) is 0 Å². The maximum atomic E-state index is 14.4. The molecule has 1 aliphatic rings. The van der Waals surface area contributed by atoms with Crippen LogP contribution in [0.2, 0.25) is 5.02 Å². The smallest absolute Gasteiger partial charge is 0.160 e. The van der Waals surface area contributed by atoms with E-state index in [0.29, 0.717) is 16.4 Å². The van der Waals surface area contributed by atoms with Crippen molar-refractivity contribution in [1.29, 1.82) is 0 Å². The minimum absolute atomic E-state index is 0.0468. The third-order valence-corrected chi connectivity index (χ3v) is 3.88. The van der Waals surface area contributed by atoms with Crippen molar-refractivity contribution < 1.29 is 8.81 Å². The Bertz CT molecular complexity index is 548. The molecule has 2 nitrogen and oxygen atoms in total. The molecule has 96 valence electrons. The lowest BCUT2D eigenvalue weighted by atomic mass is 9.92. The van der Waals surface area contributed by atoms with Gasteiger partial charge in [0, 0.05) is 5.39 Å². The zero-order valence-electron chi connectivity index (χ0n) is 9.96. The number of hydrogen-bond donors (Lipinski definition) is 1. The highest BCUT2D eigenvalue weighted by Gasteiger charge is 2.27. The van der Waals surface area contributed by atoms with Gasteiger partial charge in [0.15, 0.2) is 11.8 Å². The standard InChI is InChI=1S/C14H15ClFNO/c15-11-3-1-2-10-8-12(18-14(10)11)13(16)9-4-6-17-7-5-9/h1-3,8-9,13,17H,4-7H2. The molecule has 0 amide bonds. The van der Waals surface area contributed by atoms with Crippen molar-refractivity contribution in [3.05, 3.63) is 35.0 Å². The molecule has 0 radical (unpaired) electrons. The molecule has 1 aromatic carbocycles. The molecular weight excluding hydrogens is 253 g/mol. The molecule has 18 heavy (non-hydrogen) atoms. The number of nitrogens with one attached hydrogen (secondary N) is 1. The van der Waals surface area contributed by atoms with Gasteiger partial charge >= 0.3 is 0 Å². The van der Waals surface area contributed by atoms with Crippen LogP contribution < -0.4 is 5.32 Å². The second-order valence-electron chi connectivity index (χ2n) is 4.80. The van der Waals surface area contributed by atoms with Crippen LogP contribution >= 0.6 is 11.6 Å². The van der Waals surface area contributed by atoms with Gasteiger partial charge in [-0.15, -0.1) is 0 Å². The molecule has 1 N–H and O–H groups in total. The lowest BCUT2D eigenvalue weighted by Gasteiger charge is -2.24. The lowest BCUT2D eigenvalue weighted by molar-refractivity contribution is 0.166. The highest BCUT2D eigenvalue weighted by Crippen LogP contribution is 2.36. The summed E-state index contributed by atoms with van der Waals surface area (Å²) in [5, 5.41) is 4.65. The topological polar surface area (TPSA) is 25.2 Å². The molecule has 0 aliphatic carbocycles. The molecule has 1 aromatic heterocycles. The normalized spacial score (nSPS) is 19.2. The van der Waals surface area contributed by atoms with E-state index in [-0.39, 0.29) is 5.92 Å². The monoisotopic (exact) mass is 267 g/mol. The van der Waals surface area contributed by atoms with Crippen LogP contribution in [0, 0.1) is 5.92 Å². The van der Waals surface area contributed by atoms with E-state index >= 15 is 0 Å². The van der Waals surface area contributed by atoms with Gasteiger partial charge in [0.1, 0.15) is 5.76 Å². The number of halogens is 2. The highest BCUT2D eigenvalue weighted by molar-refractivity contribution is 6.34. The number of fused-ring (bicyclic) bond motifs is 1. The fourth-order valence-corrected chi connectivity index (χ4v) is 2.77. The number of para-hydroxylation sites is 1. The zero-order chi connectivity index (χ0) is 12.5. The number of piperidine rings is 1. The van der Waals surface area contributed by atoms with E-state index in [2.05, 4.69) is 5.32 Å². The molecule has 1 unspecified atom stereocenters. The van der Waals surface area contributed by atoms with Crippen molar-refractivity contribution in [3.63, 3.8) is 0 Å². The fourth-order valence-electron chi connectivity index (χ4n) is 2.55. The molecule has 2 aromatic rings. The SMILES string of the molecule is FC(c1cc2cccc(Cl)c2o1)C1CCNCC1. The molecule has 1 fully saturated rings. The van der Waals surface area contributed by atoms with Gasteiger partial charge in [0.05, 0.1) is 5.02 Å². The molecule has 1 atom stereocenters. The predicted molar refractivity (Wildman–Crippen MR) is 70.7 cm³/mol. The van der Waals surface area contributed by atoms with Crippen LogP contribution in [0.4, 0.5) is 4.39 Å². The molecular formula is C14H15ClFNO. The number of hydrogen-bond acceptors (Lipinski definition) is 2. The van der Waals surface area contributed by atoms with Crippen LogP contribution in [0.1, 0.15) is 24.8 Å². The average Bonchev–Trinajstić information content (AvgIpc) is 2.84. The predicted octanol–water partition coefficient (Wildman–Crippen LogP) is 4.10. The van der Waals surface area contributed by atoms with Crippen molar-refractivity contribution in [2.75, 3.05) is 13.1 Å². The molecule has 0 spiro atoms. The third kappa shape index (κ3) is 2.13. The van der Waals surface area contributed by atoms with Crippen LogP contribution in [-0.2, 0) is 0 Å². The molecule has 4 heteroatoms. The van der Waals surface area contributed by atoms with Gasteiger partial charge in [-0.25, -0.2) is 4.39 Å². The minimum Gasteiger partial charge on any atom is -0.456 e. The fraction of sp³-hybridized carbons (Fsp3) is 0.429. The van der Waals surface area contributed by atoms with E-state index < -0.39 is 6.17 Å². The Kier molecular flexibility index (Phi) is 3.27. The summed E-state index contributed by atoms with van der Waals surface area (Å²) in [5.74, 6) is 0.454. The van der Waals surface area contributed by atoms with E-state index in [1.54, 1.807) is 12.1 Å². The van der Waals surface area contributed by atoms with Crippen molar-refractivity contribution in [2.24, 2.45) is 5.92 Å². The number of benzene rings is 1. The van der Waals surface area contributed by atoms with Gasteiger partial charge in [-0.2, -0.15) is 0 Å². The number of alkyl halides is 1. The first kappa shape index (κ1) is 12.0. The lowest BCUT2D eigenvalue weighted by Crippen LogP contribution is -2.29. The Labute approximate surface area is 110 Å². The maximum absolute atomic E-state index is 14.4. The third-order valence-electron chi connectivity index (χ3n) is 3.58. The Morgan fingerprint density at radius 3 is 2.83 bits per heavy atom. The summed E-state index contributed by atoms with van der Waals surface area (Å²) in [5.41, 5.74) is 0.589. The first-order valence-electron chi connectivity index (χ1n) is 6.28. The quantitative estimate of drug-likeness (QED) is 0.886. The molecule has 2 heterocycles. The van der Waals surface area contributed by atoms with Gasteiger partial charge in [0.25, 0.3) is 0 Å². The summed E-state index contributed by atoms with van der Waals surface area (Å²) in [6, 6.07) is 7.27. The van der Waals surface area contributed by atoms with E-state index in [0.717, 1.165) is 31.3 Å². The van der Waals surface area contributed by atoms with Gasteiger partial charge in [0.2, 0.25) is 0 Å². The van der Waals surface area contributed by atoms with E-state index in [1.807, 2.05) is 12.1 Å². The highest BCUT2D eigenvalue weighted by atomic mass is 35.5.